The van der Waals surface area contributed by atoms with Crippen molar-refractivity contribution in [3.63, 3.8) is 0 Å². The van der Waals surface area contributed by atoms with Crippen molar-refractivity contribution in [2.45, 2.75) is 26.7 Å². The van der Waals surface area contributed by atoms with Gasteiger partial charge in [0.2, 0.25) is 5.91 Å². The molecule has 6 heteroatoms. The van der Waals surface area contributed by atoms with Gasteiger partial charge < -0.3 is 10.1 Å². The van der Waals surface area contributed by atoms with E-state index in [9.17, 15) is 13.8 Å². The fourth-order valence-electron chi connectivity index (χ4n) is 1.21. The van der Waals surface area contributed by atoms with E-state index in [2.05, 4.69) is 10.1 Å². The van der Waals surface area contributed by atoms with Crippen LogP contribution >= 0.6 is 0 Å². The van der Waals surface area contributed by atoms with E-state index in [4.69, 9.17) is 0 Å². The van der Waals surface area contributed by atoms with Gasteiger partial charge in [0.25, 0.3) is 0 Å². The summed E-state index contributed by atoms with van der Waals surface area (Å²) in [6.07, 6.45) is 1.92. The second-order valence-electron chi connectivity index (χ2n) is 3.88. The summed E-state index contributed by atoms with van der Waals surface area (Å²) >= 11 is 0. The van der Waals surface area contributed by atoms with Gasteiger partial charge >= 0.3 is 5.97 Å². The highest BCUT2D eigenvalue weighted by atomic mass is 32.2. The maximum atomic E-state index is 11.6. The highest BCUT2D eigenvalue weighted by Gasteiger charge is 2.18. The summed E-state index contributed by atoms with van der Waals surface area (Å²) in [6, 6.07) is 0. The van der Waals surface area contributed by atoms with Crippen LogP contribution in [0.15, 0.2) is 0 Å². The highest BCUT2D eigenvalue weighted by molar-refractivity contribution is 7.85. The van der Waals surface area contributed by atoms with Gasteiger partial charge in [0.1, 0.15) is 5.75 Å². The number of unbranched alkanes of at least 4 members (excludes halogenated alkanes) is 1. The van der Waals surface area contributed by atoms with E-state index in [0.29, 0.717) is 6.54 Å². The second-order valence-corrected chi connectivity index (χ2v) is 5.38. The van der Waals surface area contributed by atoms with Crippen LogP contribution in [0.4, 0.5) is 0 Å². The summed E-state index contributed by atoms with van der Waals surface area (Å²) in [6.45, 7) is 4.28. The van der Waals surface area contributed by atoms with Crippen molar-refractivity contribution in [3.8, 4) is 0 Å². The van der Waals surface area contributed by atoms with Gasteiger partial charge in [0, 0.05) is 23.1 Å². The Hall–Kier alpha value is -0.910. The van der Waals surface area contributed by atoms with E-state index in [1.165, 1.54) is 7.11 Å². The lowest BCUT2D eigenvalue weighted by Gasteiger charge is -2.08. The van der Waals surface area contributed by atoms with E-state index in [1.54, 1.807) is 6.92 Å². The van der Waals surface area contributed by atoms with E-state index in [0.717, 1.165) is 12.8 Å². The lowest BCUT2D eigenvalue weighted by molar-refractivity contribution is -0.144. The van der Waals surface area contributed by atoms with Crippen molar-refractivity contribution in [2.75, 3.05) is 25.2 Å². The molecule has 0 radical (unpaired) electrons. The zero-order chi connectivity index (χ0) is 13.3. The third-order valence-corrected chi connectivity index (χ3v) is 3.64. The van der Waals surface area contributed by atoms with Crippen LogP contribution in [0.5, 0.6) is 0 Å². The Bertz CT molecular complexity index is 281. The number of ether oxygens (including phenoxy) is 1. The number of hydrogen-bond acceptors (Lipinski definition) is 4. The average molecular weight is 263 g/mol. The normalized spacial score (nSPS) is 13.8. The molecule has 100 valence electrons. The van der Waals surface area contributed by atoms with Crippen LogP contribution in [-0.4, -0.2) is 41.2 Å². The zero-order valence-electron chi connectivity index (χ0n) is 10.7. The third kappa shape index (κ3) is 7.90. The van der Waals surface area contributed by atoms with Crippen LogP contribution in [0.2, 0.25) is 0 Å². The van der Waals surface area contributed by atoms with Crippen molar-refractivity contribution in [2.24, 2.45) is 5.92 Å². The Morgan fingerprint density at radius 3 is 2.59 bits per heavy atom. The van der Waals surface area contributed by atoms with Crippen LogP contribution in [0.25, 0.3) is 0 Å². The number of hydrogen-bond donors (Lipinski definition) is 1. The SMILES string of the molecule is CCCCNC(=O)CS(=O)CC(C)C(=O)OC. The summed E-state index contributed by atoms with van der Waals surface area (Å²) in [5.41, 5.74) is 0. The molecule has 0 aliphatic carbocycles. The predicted molar refractivity (Wildman–Crippen MR) is 67.0 cm³/mol. The minimum absolute atomic E-state index is 0.0505. The van der Waals surface area contributed by atoms with Crippen molar-refractivity contribution in [3.05, 3.63) is 0 Å². The molecule has 0 aromatic heterocycles. The summed E-state index contributed by atoms with van der Waals surface area (Å²) < 4.78 is 16.1. The lowest BCUT2D eigenvalue weighted by atomic mass is 10.2. The molecule has 0 aromatic rings. The summed E-state index contributed by atoms with van der Waals surface area (Å²) in [5, 5.41) is 2.68. The van der Waals surface area contributed by atoms with Gasteiger partial charge in [-0.1, -0.05) is 20.3 Å². The highest BCUT2D eigenvalue weighted by Crippen LogP contribution is 2.01. The summed E-state index contributed by atoms with van der Waals surface area (Å²) in [5.74, 6) is -0.957. The number of esters is 1. The van der Waals surface area contributed by atoms with Crippen molar-refractivity contribution >= 4 is 22.7 Å². The number of carbonyl (C=O) groups is 2. The van der Waals surface area contributed by atoms with Gasteiger partial charge in [-0.05, 0) is 6.42 Å². The number of amides is 1. The predicted octanol–water partition coefficient (Wildman–Crippen LogP) is 0.460. The molecule has 2 unspecified atom stereocenters. The minimum Gasteiger partial charge on any atom is -0.469 e. The number of nitrogens with one attached hydrogen (secondary N) is 1. The number of methoxy groups -OCH3 is 1. The molecule has 0 aromatic carbocycles. The fraction of sp³-hybridized carbons (Fsp3) is 0.818. The third-order valence-electron chi connectivity index (χ3n) is 2.18. The molecule has 0 aliphatic heterocycles. The second kappa shape index (κ2) is 9.15. The first-order valence-electron chi connectivity index (χ1n) is 5.70. The molecular formula is C11H21NO4S. The molecular weight excluding hydrogens is 242 g/mol. The van der Waals surface area contributed by atoms with E-state index < -0.39 is 22.7 Å². The molecule has 1 N–H and O–H groups in total. The molecule has 0 aliphatic rings. The maximum Gasteiger partial charge on any atom is 0.309 e. The maximum absolute atomic E-state index is 11.6. The Labute approximate surface area is 105 Å². The van der Waals surface area contributed by atoms with Crippen LogP contribution < -0.4 is 5.32 Å². The van der Waals surface area contributed by atoms with Gasteiger partial charge in [-0.15, -0.1) is 0 Å². The summed E-state index contributed by atoms with van der Waals surface area (Å²) in [4.78, 5) is 22.4. The topological polar surface area (TPSA) is 72.5 Å². The first kappa shape index (κ1) is 16.1. The van der Waals surface area contributed by atoms with Gasteiger partial charge in [0.05, 0.1) is 13.0 Å². The zero-order valence-corrected chi connectivity index (χ0v) is 11.5. The molecule has 17 heavy (non-hydrogen) atoms. The molecule has 1 amide bonds. The molecule has 0 rings (SSSR count). The van der Waals surface area contributed by atoms with Gasteiger partial charge in [0.15, 0.2) is 0 Å². The Kier molecular flexibility index (Phi) is 8.66. The fourth-order valence-corrected chi connectivity index (χ4v) is 2.41. The average Bonchev–Trinajstić information content (AvgIpc) is 2.27. The molecule has 0 heterocycles. The number of carbonyl (C=O) groups excluding carboxylic acids is 2. The van der Waals surface area contributed by atoms with E-state index >= 15 is 0 Å². The van der Waals surface area contributed by atoms with Crippen LogP contribution in [0.3, 0.4) is 0 Å². The van der Waals surface area contributed by atoms with Crippen molar-refractivity contribution in [1.82, 2.24) is 5.32 Å². The number of rotatable bonds is 8. The van der Waals surface area contributed by atoms with Crippen molar-refractivity contribution < 1.29 is 18.5 Å². The lowest BCUT2D eigenvalue weighted by Crippen LogP contribution is -2.31. The quantitative estimate of drug-likeness (QED) is 0.510. The van der Waals surface area contributed by atoms with Crippen molar-refractivity contribution in [1.29, 1.82) is 0 Å². The Balaban J connectivity index is 3.85. The van der Waals surface area contributed by atoms with Gasteiger partial charge in [-0.3, -0.25) is 13.8 Å². The summed E-state index contributed by atoms with van der Waals surface area (Å²) in [7, 11) is -0.0298. The Morgan fingerprint density at radius 1 is 1.41 bits per heavy atom. The van der Waals surface area contributed by atoms with Crippen LogP contribution in [0, 0.1) is 5.92 Å². The smallest absolute Gasteiger partial charge is 0.309 e. The Morgan fingerprint density at radius 2 is 2.06 bits per heavy atom. The molecule has 2 atom stereocenters. The van der Waals surface area contributed by atoms with Crippen LogP contribution in [0.1, 0.15) is 26.7 Å². The van der Waals surface area contributed by atoms with Gasteiger partial charge in [-0.25, -0.2) is 0 Å². The largest absolute Gasteiger partial charge is 0.469 e. The molecule has 0 spiro atoms. The molecule has 0 saturated heterocycles. The first-order chi connectivity index (χ1) is 8.01. The van der Waals surface area contributed by atoms with E-state index in [1.807, 2.05) is 6.92 Å². The molecule has 0 saturated carbocycles. The standard InChI is InChI=1S/C11H21NO4S/c1-4-5-6-12-10(13)8-17(15)7-9(2)11(14)16-3/h9H,4-8H2,1-3H3,(H,12,13). The van der Waals surface area contributed by atoms with Gasteiger partial charge in [-0.2, -0.15) is 0 Å². The van der Waals surface area contributed by atoms with E-state index in [-0.39, 0.29) is 17.4 Å². The monoisotopic (exact) mass is 263 g/mol. The van der Waals surface area contributed by atoms with Crippen LogP contribution in [-0.2, 0) is 25.1 Å². The molecule has 5 nitrogen and oxygen atoms in total. The minimum atomic E-state index is -1.32. The molecule has 0 fully saturated rings. The first-order valence-corrected chi connectivity index (χ1v) is 7.19. The molecule has 0 bridgehead atoms.